The largest absolute Gasteiger partial charge is 0.493 e. The van der Waals surface area contributed by atoms with Crippen molar-refractivity contribution in [1.29, 1.82) is 5.26 Å². The number of nitrogen functional groups attached to an aromatic ring is 1. The van der Waals surface area contributed by atoms with Crippen molar-refractivity contribution in [1.82, 2.24) is 4.98 Å². The van der Waals surface area contributed by atoms with Crippen LogP contribution in [0.15, 0.2) is 48.5 Å². The molecule has 6 heteroatoms. The highest BCUT2D eigenvalue weighted by atomic mass is 35.5. The van der Waals surface area contributed by atoms with E-state index < -0.39 is 0 Å². The summed E-state index contributed by atoms with van der Waals surface area (Å²) in [5.41, 5.74) is 9.08. The minimum absolute atomic E-state index is 0.143. The number of para-hydroxylation sites is 1. The zero-order valence-electron chi connectivity index (χ0n) is 14.3. The normalized spacial score (nSPS) is 10.2. The number of hydrogen-bond donors (Lipinski definition) is 1. The predicted octanol–water partition coefficient (Wildman–Crippen LogP) is 4.54. The molecule has 1 aromatic heterocycles. The molecule has 1 heterocycles. The minimum atomic E-state index is 0.143. The molecule has 0 fully saturated rings. The molecule has 26 heavy (non-hydrogen) atoms. The third-order valence-corrected chi connectivity index (χ3v) is 4.21. The highest BCUT2D eigenvalue weighted by molar-refractivity contribution is 6.30. The van der Waals surface area contributed by atoms with E-state index >= 15 is 0 Å². The molecule has 2 aromatic carbocycles. The van der Waals surface area contributed by atoms with Crippen molar-refractivity contribution < 1.29 is 9.47 Å². The molecular weight excluding hydrogens is 350 g/mol. The number of halogens is 1. The van der Waals surface area contributed by atoms with Crippen LogP contribution in [-0.4, -0.2) is 19.2 Å². The van der Waals surface area contributed by atoms with Crippen molar-refractivity contribution >= 4 is 17.4 Å². The molecule has 0 bridgehead atoms. The molecule has 0 aliphatic carbocycles. The first-order chi connectivity index (χ1) is 12.6. The van der Waals surface area contributed by atoms with Crippen molar-refractivity contribution in [3.8, 4) is 40.0 Å². The summed E-state index contributed by atoms with van der Waals surface area (Å²) < 4.78 is 10.9. The Bertz CT molecular complexity index is 1010. The molecule has 0 unspecified atom stereocenters. The van der Waals surface area contributed by atoms with Crippen LogP contribution in [0.2, 0.25) is 5.02 Å². The summed E-state index contributed by atoms with van der Waals surface area (Å²) >= 11 is 6.09. The van der Waals surface area contributed by atoms with Gasteiger partial charge in [0.15, 0.2) is 11.5 Å². The first-order valence-electron chi connectivity index (χ1n) is 7.77. The molecule has 0 aliphatic heterocycles. The number of methoxy groups -OCH3 is 2. The van der Waals surface area contributed by atoms with Crippen LogP contribution in [0.25, 0.3) is 22.4 Å². The van der Waals surface area contributed by atoms with Gasteiger partial charge in [0.05, 0.1) is 19.9 Å². The molecule has 0 radical (unpaired) electrons. The smallest absolute Gasteiger partial charge is 0.168 e. The highest BCUT2D eigenvalue weighted by Crippen LogP contribution is 2.41. The quantitative estimate of drug-likeness (QED) is 0.734. The van der Waals surface area contributed by atoms with Gasteiger partial charge in [0.2, 0.25) is 0 Å². The molecule has 2 N–H and O–H groups in total. The number of aromatic nitrogens is 1. The van der Waals surface area contributed by atoms with Crippen molar-refractivity contribution in [2.45, 2.75) is 0 Å². The predicted molar refractivity (Wildman–Crippen MR) is 102 cm³/mol. The van der Waals surface area contributed by atoms with Crippen molar-refractivity contribution in [3.05, 3.63) is 59.1 Å². The lowest BCUT2D eigenvalue weighted by atomic mass is 9.97. The minimum Gasteiger partial charge on any atom is -0.493 e. The van der Waals surface area contributed by atoms with Gasteiger partial charge in [0.25, 0.3) is 0 Å². The molecule has 0 saturated carbocycles. The van der Waals surface area contributed by atoms with Crippen LogP contribution in [0, 0.1) is 11.3 Å². The molecule has 5 nitrogen and oxygen atoms in total. The maximum absolute atomic E-state index is 9.59. The van der Waals surface area contributed by atoms with E-state index in [0.717, 1.165) is 5.56 Å². The van der Waals surface area contributed by atoms with Crippen LogP contribution < -0.4 is 15.2 Å². The van der Waals surface area contributed by atoms with Gasteiger partial charge in [-0.1, -0.05) is 35.9 Å². The van der Waals surface area contributed by atoms with Gasteiger partial charge in [-0.05, 0) is 24.3 Å². The lowest BCUT2D eigenvalue weighted by Crippen LogP contribution is -2.01. The second-order valence-corrected chi connectivity index (χ2v) is 5.91. The lowest BCUT2D eigenvalue weighted by molar-refractivity contribution is 0.356. The molecule has 0 amide bonds. The number of hydrogen-bond acceptors (Lipinski definition) is 5. The fourth-order valence-corrected chi connectivity index (χ4v) is 2.98. The third-order valence-electron chi connectivity index (χ3n) is 3.97. The molecule has 130 valence electrons. The summed E-state index contributed by atoms with van der Waals surface area (Å²) in [5, 5.41) is 10.2. The van der Waals surface area contributed by atoms with Crippen molar-refractivity contribution in [2.24, 2.45) is 0 Å². The van der Waals surface area contributed by atoms with E-state index in [0.29, 0.717) is 33.3 Å². The lowest BCUT2D eigenvalue weighted by Gasteiger charge is -2.15. The van der Waals surface area contributed by atoms with E-state index in [2.05, 4.69) is 11.1 Å². The number of ether oxygens (including phenoxy) is 2. The zero-order valence-corrected chi connectivity index (χ0v) is 15.0. The van der Waals surface area contributed by atoms with E-state index in [1.165, 1.54) is 0 Å². The van der Waals surface area contributed by atoms with E-state index in [-0.39, 0.29) is 11.4 Å². The molecule has 3 aromatic rings. The van der Waals surface area contributed by atoms with Gasteiger partial charge in [0, 0.05) is 21.7 Å². The summed E-state index contributed by atoms with van der Waals surface area (Å²) in [4.78, 5) is 4.36. The summed E-state index contributed by atoms with van der Waals surface area (Å²) in [6.45, 7) is 0. The fourth-order valence-electron chi connectivity index (χ4n) is 2.79. The van der Waals surface area contributed by atoms with E-state index in [4.69, 9.17) is 26.8 Å². The number of nitrogens with zero attached hydrogens (tertiary/aromatic N) is 2. The van der Waals surface area contributed by atoms with E-state index in [1.54, 1.807) is 38.5 Å². The zero-order chi connectivity index (χ0) is 18.7. The Morgan fingerprint density at radius 2 is 1.81 bits per heavy atom. The maximum Gasteiger partial charge on any atom is 0.168 e. The van der Waals surface area contributed by atoms with Gasteiger partial charge in [-0.25, -0.2) is 4.98 Å². The second-order valence-electron chi connectivity index (χ2n) is 5.48. The monoisotopic (exact) mass is 365 g/mol. The van der Waals surface area contributed by atoms with Crippen LogP contribution in [0.1, 0.15) is 5.56 Å². The Balaban J connectivity index is 2.30. The first kappa shape index (κ1) is 17.6. The molecule has 0 aliphatic rings. The Labute approximate surface area is 156 Å². The van der Waals surface area contributed by atoms with Gasteiger partial charge >= 0.3 is 0 Å². The molecule has 0 spiro atoms. The van der Waals surface area contributed by atoms with Crippen LogP contribution in [0.4, 0.5) is 5.82 Å². The Kier molecular flexibility index (Phi) is 4.97. The maximum atomic E-state index is 9.59. The Morgan fingerprint density at radius 1 is 1.04 bits per heavy atom. The Hall–Kier alpha value is -3.23. The first-order valence-corrected chi connectivity index (χ1v) is 8.14. The summed E-state index contributed by atoms with van der Waals surface area (Å²) in [6, 6.07) is 16.7. The van der Waals surface area contributed by atoms with Gasteiger partial charge in [-0.2, -0.15) is 5.26 Å². The number of rotatable bonds is 4. The topological polar surface area (TPSA) is 81.2 Å². The molecule has 0 atom stereocenters. The molecule has 3 rings (SSSR count). The van der Waals surface area contributed by atoms with Gasteiger partial charge in [0.1, 0.15) is 17.5 Å². The highest BCUT2D eigenvalue weighted by Gasteiger charge is 2.18. The van der Waals surface area contributed by atoms with Gasteiger partial charge < -0.3 is 15.2 Å². The van der Waals surface area contributed by atoms with Crippen LogP contribution in [0.3, 0.4) is 0 Å². The number of pyridine rings is 1. The average molecular weight is 366 g/mol. The standard InChI is InChI=1S/C20H16ClN3O2/c1-25-18-8-4-7-14(19(18)26-2)15-10-17(24-20(23)16(15)11-22)12-5-3-6-13(21)9-12/h3-10H,1-2H3,(H2,23,24). The summed E-state index contributed by atoms with van der Waals surface area (Å²) in [5.74, 6) is 1.23. The third kappa shape index (κ3) is 3.15. The Morgan fingerprint density at radius 3 is 2.46 bits per heavy atom. The number of benzene rings is 2. The molecular formula is C20H16ClN3O2. The number of nitrogens with two attached hydrogens (primary N) is 1. The summed E-state index contributed by atoms with van der Waals surface area (Å²) in [7, 11) is 3.11. The van der Waals surface area contributed by atoms with Crippen LogP contribution in [0.5, 0.6) is 11.5 Å². The van der Waals surface area contributed by atoms with E-state index in [1.807, 2.05) is 24.3 Å². The average Bonchev–Trinajstić information content (AvgIpc) is 2.66. The second kappa shape index (κ2) is 7.34. The number of anilines is 1. The summed E-state index contributed by atoms with van der Waals surface area (Å²) in [6.07, 6.45) is 0. The van der Waals surface area contributed by atoms with Gasteiger partial charge in [-0.15, -0.1) is 0 Å². The van der Waals surface area contributed by atoms with E-state index in [9.17, 15) is 5.26 Å². The van der Waals surface area contributed by atoms with Crippen LogP contribution in [-0.2, 0) is 0 Å². The van der Waals surface area contributed by atoms with Crippen LogP contribution >= 0.6 is 11.6 Å². The van der Waals surface area contributed by atoms with Crippen molar-refractivity contribution in [3.63, 3.8) is 0 Å². The van der Waals surface area contributed by atoms with Gasteiger partial charge in [-0.3, -0.25) is 0 Å². The molecule has 0 saturated heterocycles. The SMILES string of the molecule is COc1cccc(-c2cc(-c3cccc(Cl)c3)nc(N)c2C#N)c1OC. The van der Waals surface area contributed by atoms with Crippen molar-refractivity contribution in [2.75, 3.05) is 20.0 Å². The number of nitriles is 1. The fraction of sp³-hybridized carbons (Fsp3) is 0.100.